The smallest absolute Gasteiger partial charge is 0.186 e. The largest absolute Gasteiger partial charge is 0.508 e. The van der Waals surface area contributed by atoms with Gasteiger partial charge in [-0.15, -0.1) is 0 Å². The average Bonchev–Trinajstić information content (AvgIpc) is 2.38. The van der Waals surface area contributed by atoms with Gasteiger partial charge < -0.3 is 9.66 Å². The average molecular weight is 262 g/mol. The molecule has 0 heterocycles. The zero-order valence-electron chi connectivity index (χ0n) is 9.22. The van der Waals surface area contributed by atoms with Crippen molar-refractivity contribution in [3.63, 3.8) is 0 Å². The molecule has 0 amide bonds. The molecule has 2 rings (SSSR count). The summed E-state index contributed by atoms with van der Waals surface area (Å²) in [6, 6.07) is 12.5. The number of aromatic hydroxyl groups is 1. The Hall–Kier alpha value is -2.05. The standard InChI is InChI=1S/C12H10N2O3S/c15-11-5-1-9(2-6-11)13-14-10-3-7-12(8-4-10)18(16)17/h1-8,15H,(H,16,17). The molecule has 0 saturated carbocycles. The second-order valence-electron chi connectivity index (χ2n) is 3.46. The fraction of sp³-hybridized carbons (Fsp3) is 0. The highest BCUT2D eigenvalue weighted by molar-refractivity contribution is 7.79. The fourth-order valence-corrected chi connectivity index (χ4v) is 1.63. The molecule has 0 aliphatic carbocycles. The van der Waals surface area contributed by atoms with Crippen LogP contribution in [0.3, 0.4) is 0 Å². The van der Waals surface area contributed by atoms with Crippen molar-refractivity contribution in [1.82, 2.24) is 0 Å². The molecule has 1 unspecified atom stereocenters. The predicted octanol–water partition coefficient (Wildman–Crippen LogP) is 3.39. The van der Waals surface area contributed by atoms with Crippen LogP contribution >= 0.6 is 0 Å². The Balaban J connectivity index is 2.13. The van der Waals surface area contributed by atoms with Crippen molar-refractivity contribution in [1.29, 1.82) is 0 Å². The molecule has 0 bridgehead atoms. The lowest BCUT2D eigenvalue weighted by Gasteiger charge is -1.96. The van der Waals surface area contributed by atoms with Crippen LogP contribution in [0, 0.1) is 0 Å². The molecule has 0 spiro atoms. The molecule has 2 N–H and O–H groups in total. The number of hydrogen-bond donors (Lipinski definition) is 2. The van der Waals surface area contributed by atoms with Gasteiger partial charge in [0.05, 0.1) is 16.3 Å². The van der Waals surface area contributed by atoms with Gasteiger partial charge in [-0.2, -0.15) is 10.2 Å². The van der Waals surface area contributed by atoms with Crippen LogP contribution in [-0.2, 0) is 11.1 Å². The molecule has 0 aliphatic heterocycles. The fourth-order valence-electron chi connectivity index (χ4n) is 1.26. The third kappa shape index (κ3) is 3.22. The molecule has 1 atom stereocenters. The Morgan fingerprint density at radius 2 is 1.28 bits per heavy atom. The summed E-state index contributed by atoms with van der Waals surface area (Å²) in [7, 11) is 0. The quantitative estimate of drug-likeness (QED) is 0.657. The summed E-state index contributed by atoms with van der Waals surface area (Å²) in [5, 5.41) is 17.0. The minimum atomic E-state index is -1.98. The monoisotopic (exact) mass is 262 g/mol. The molecular formula is C12H10N2O3S. The Kier molecular flexibility index (Phi) is 3.81. The molecule has 0 fully saturated rings. The van der Waals surface area contributed by atoms with Gasteiger partial charge in [0.1, 0.15) is 5.75 Å². The first-order valence-corrected chi connectivity index (χ1v) is 6.17. The van der Waals surface area contributed by atoms with E-state index in [9.17, 15) is 4.21 Å². The van der Waals surface area contributed by atoms with E-state index in [-0.39, 0.29) is 5.75 Å². The van der Waals surface area contributed by atoms with Gasteiger partial charge in [-0.3, -0.25) is 0 Å². The van der Waals surface area contributed by atoms with E-state index in [1.165, 1.54) is 24.3 Å². The van der Waals surface area contributed by atoms with Crippen molar-refractivity contribution in [2.75, 3.05) is 0 Å². The van der Waals surface area contributed by atoms with E-state index < -0.39 is 11.1 Å². The molecule has 0 radical (unpaired) electrons. The lowest BCUT2D eigenvalue weighted by molar-refractivity contribution is 0.475. The number of azo groups is 1. The van der Waals surface area contributed by atoms with E-state index in [1.54, 1.807) is 24.3 Å². The van der Waals surface area contributed by atoms with Crippen molar-refractivity contribution in [2.45, 2.75) is 4.90 Å². The number of rotatable bonds is 3. The van der Waals surface area contributed by atoms with E-state index in [0.717, 1.165) is 0 Å². The van der Waals surface area contributed by atoms with Crippen LogP contribution < -0.4 is 0 Å². The molecule has 5 nitrogen and oxygen atoms in total. The zero-order chi connectivity index (χ0) is 13.0. The van der Waals surface area contributed by atoms with Crippen molar-refractivity contribution >= 4 is 22.5 Å². The van der Waals surface area contributed by atoms with Crippen LogP contribution in [0.25, 0.3) is 0 Å². The normalized spacial score (nSPS) is 12.7. The van der Waals surface area contributed by atoms with E-state index >= 15 is 0 Å². The Morgan fingerprint density at radius 1 is 0.833 bits per heavy atom. The minimum absolute atomic E-state index is 0.170. The molecular weight excluding hydrogens is 252 g/mol. The van der Waals surface area contributed by atoms with Crippen molar-refractivity contribution in [3.8, 4) is 5.75 Å². The third-order valence-electron chi connectivity index (χ3n) is 2.17. The third-order valence-corrected chi connectivity index (χ3v) is 2.84. The van der Waals surface area contributed by atoms with Gasteiger partial charge in [0.15, 0.2) is 11.1 Å². The summed E-state index contributed by atoms with van der Waals surface area (Å²) in [5.74, 6) is 0.170. The topological polar surface area (TPSA) is 82.2 Å². The van der Waals surface area contributed by atoms with Crippen LogP contribution in [0.15, 0.2) is 63.7 Å². The Labute approximate surface area is 106 Å². The van der Waals surface area contributed by atoms with Gasteiger partial charge in [-0.25, -0.2) is 4.21 Å². The summed E-state index contributed by atoms with van der Waals surface area (Å²) in [6.07, 6.45) is 0. The van der Waals surface area contributed by atoms with Gasteiger partial charge in [0.25, 0.3) is 0 Å². The second kappa shape index (κ2) is 5.52. The number of phenols is 1. The van der Waals surface area contributed by atoms with Crippen LogP contribution in [0.4, 0.5) is 11.4 Å². The maximum atomic E-state index is 10.8. The van der Waals surface area contributed by atoms with Crippen molar-refractivity contribution < 1.29 is 13.9 Å². The first kappa shape index (κ1) is 12.4. The predicted molar refractivity (Wildman–Crippen MR) is 67.8 cm³/mol. The van der Waals surface area contributed by atoms with Crippen molar-refractivity contribution in [2.24, 2.45) is 10.2 Å². The van der Waals surface area contributed by atoms with Gasteiger partial charge in [0, 0.05) is 0 Å². The Bertz CT molecular complexity index is 579. The highest BCUT2D eigenvalue weighted by Crippen LogP contribution is 2.21. The molecule has 0 saturated heterocycles. The van der Waals surface area contributed by atoms with Gasteiger partial charge >= 0.3 is 0 Å². The molecule has 2 aromatic rings. The molecule has 0 aromatic heterocycles. The molecule has 18 heavy (non-hydrogen) atoms. The Morgan fingerprint density at radius 3 is 1.72 bits per heavy atom. The highest BCUT2D eigenvalue weighted by atomic mass is 32.2. The molecule has 6 heteroatoms. The second-order valence-corrected chi connectivity index (χ2v) is 4.43. The first-order chi connectivity index (χ1) is 8.65. The summed E-state index contributed by atoms with van der Waals surface area (Å²) in [5.41, 5.74) is 1.19. The maximum absolute atomic E-state index is 10.8. The van der Waals surface area contributed by atoms with Gasteiger partial charge in [-0.1, -0.05) is 0 Å². The van der Waals surface area contributed by atoms with Crippen molar-refractivity contribution in [3.05, 3.63) is 48.5 Å². The molecule has 2 aromatic carbocycles. The lowest BCUT2D eigenvalue weighted by Crippen LogP contribution is -1.85. The molecule has 92 valence electrons. The number of nitrogens with zero attached hydrogens (tertiary/aromatic N) is 2. The number of phenolic OH excluding ortho intramolecular Hbond substituents is 1. The number of hydrogen-bond acceptors (Lipinski definition) is 4. The van der Waals surface area contributed by atoms with E-state index in [0.29, 0.717) is 16.3 Å². The zero-order valence-corrected chi connectivity index (χ0v) is 10.0. The van der Waals surface area contributed by atoms with Crippen LogP contribution in [0.2, 0.25) is 0 Å². The summed E-state index contributed by atoms with van der Waals surface area (Å²) in [6.45, 7) is 0. The maximum Gasteiger partial charge on any atom is 0.186 e. The van der Waals surface area contributed by atoms with Gasteiger partial charge in [-0.05, 0) is 48.5 Å². The minimum Gasteiger partial charge on any atom is -0.508 e. The van der Waals surface area contributed by atoms with E-state index in [2.05, 4.69) is 10.2 Å². The lowest BCUT2D eigenvalue weighted by atomic mass is 10.3. The number of benzene rings is 2. The SMILES string of the molecule is O=S(O)c1ccc(N=Nc2ccc(O)cc2)cc1. The van der Waals surface area contributed by atoms with Crippen LogP contribution in [0.5, 0.6) is 5.75 Å². The summed E-state index contributed by atoms with van der Waals surface area (Å²) >= 11 is -1.98. The van der Waals surface area contributed by atoms with E-state index in [4.69, 9.17) is 9.66 Å². The highest BCUT2D eigenvalue weighted by Gasteiger charge is 1.98. The molecule has 0 aliphatic rings. The van der Waals surface area contributed by atoms with Crippen LogP contribution in [-0.4, -0.2) is 13.9 Å². The van der Waals surface area contributed by atoms with Crippen LogP contribution in [0.1, 0.15) is 0 Å². The van der Waals surface area contributed by atoms with Gasteiger partial charge in [0.2, 0.25) is 0 Å². The summed E-state index contributed by atoms with van der Waals surface area (Å²) < 4.78 is 19.6. The summed E-state index contributed by atoms with van der Waals surface area (Å²) in [4.78, 5) is 0.318. The van der Waals surface area contributed by atoms with E-state index in [1.807, 2.05) is 0 Å². The first-order valence-electron chi connectivity index (χ1n) is 5.07.